The van der Waals surface area contributed by atoms with Gasteiger partial charge in [-0.05, 0) is 32.6 Å². The monoisotopic (exact) mass is 222 g/mol. The number of carbonyl (C=O) groups is 1. The van der Waals surface area contributed by atoms with Gasteiger partial charge in [0.1, 0.15) is 0 Å². The second-order valence-corrected chi connectivity index (χ2v) is 4.19. The van der Waals surface area contributed by atoms with Crippen molar-refractivity contribution in [3.8, 4) is 0 Å². The average molecular weight is 222 g/mol. The van der Waals surface area contributed by atoms with Crippen LogP contribution < -0.4 is 5.43 Å². The van der Waals surface area contributed by atoms with Gasteiger partial charge in [-0.15, -0.1) is 0 Å². The second kappa shape index (κ2) is 5.14. The molecule has 0 radical (unpaired) electrons. The summed E-state index contributed by atoms with van der Waals surface area (Å²) in [5, 5.41) is 4.15. The summed E-state index contributed by atoms with van der Waals surface area (Å²) in [5.74, 6) is -0.0314. The highest BCUT2D eigenvalue weighted by Gasteiger charge is 2.35. The minimum atomic E-state index is -0.257. The quantitative estimate of drug-likeness (QED) is 0.570. The number of hydrazone groups is 1. The molecule has 0 bridgehead atoms. The molecule has 0 saturated heterocycles. The lowest BCUT2D eigenvalue weighted by Gasteiger charge is -2.20. The zero-order valence-electron chi connectivity index (χ0n) is 9.61. The molecule has 1 heterocycles. The predicted molar refractivity (Wildman–Crippen MR) is 62.1 cm³/mol. The third-order valence-electron chi connectivity index (χ3n) is 3.13. The number of rotatable bonds is 2. The van der Waals surface area contributed by atoms with Crippen LogP contribution in [-0.2, 0) is 9.53 Å². The minimum absolute atomic E-state index is 0.226. The van der Waals surface area contributed by atoms with Gasteiger partial charge in [0.2, 0.25) is 0 Å². The molecular formula is C12H18N2O2. The van der Waals surface area contributed by atoms with Crippen LogP contribution in [0.3, 0.4) is 0 Å². The molecule has 0 amide bonds. The summed E-state index contributed by atoms with van der Waals surface area (Å²) < 4.78 is 5.02. The molecule has 0 unspecified atom stereocenters. The highest BCUT2D eigenvalue weighted by Crippen LogP contribution is 2.25. The number of hydrogen-bond acceptors (Lipinski definition) is 4. The SMILES string of the molecule is CCOC(=O)C1=NN[C@@H]2CC/C=C/CC[C@@H]12. The number of esters is 1. The van der Waals surface area contributed by atoms with E-state index in [0.29, 0.717) is 18.4 Å². The Labute approximate surface area is 95.7 Å². The molecule has 0 aromatic carbocycles. The maximum absolute atomic E-state index is 11.7. The van der Waals surface area contributed by atoms with E-state index in [1.807, 2.05) is 6.92 Å². The number of nitrogens with one attached hydrogen (secondary N) is 1. The number of fused-ring (bicyclic) bond motifs is 1. The van der Waals surface area contributed by atoms with E-state index >= 15 is 0 Å². The fourth-order valence-corrected chi connectivity index (χ4v) is 2.31. The van der Waals surface area contributed by atoms with Crippen molar-refractivity contribution < 1.29 is 9.53 Å². The van der Waals surface area contributed by atoms with Gasteiger partial charge in [0.25, 0.3) is 0 Å². The maximum atomic E-state index is 11.7. The van der Waals surface area contributed by atoms with Gasteiger partial charge in [-0.3, -0.25) is 0 Å². The van der Waals surface area contributed by atoms with Crippen LogP contribution in [0.4, 0.5) is 0 Å². The molecule has 2 rings (SSSR count). The lowest BCUT2D eigenvalue weighted by Crippen LogP contribution is -2.33. The fourth-order valence-electron chi connectivity index (χ4n) is 2.31. The van der Waals surface area contributed by atoms with Crippen molar-refractivity contribution in [1.29, 1.82) is 0 Å². The van der Waals surface area contributed by atoms with Crippen LogP contribution >= 0.6 is 0 Å². The van der Waals surface area contributed by atoms with Crippen LogP contribution in [0.25, 0.3) is 0 Å². The molecule has 4 heteroatoms. The largest absolute Gasteiger partial charge is 0.461 e. The summed E-state index contributed by atoms with van der Waals surface area (Å²) in [6.45, 7) is 2.23. The van der Waals surface area contributed by atoms with E-state index in [4.69, 9.17) is 4.74 Å². The highest BCUT2D eigenvalue weighted by molar-refractivity contribution is 6.37. The highest BCUT2D eigenvalue weighted by atomic mass is 16.5. The molecule has 0 spiro atoms. The molecule has 0 aromatic rings. The van der Waals surface area contributed by atoms with Crippen LogP contribution in [0.5, 0.6) is 0 Å². The molecule has 88 valence electrons. The van der Waals surface area contributed by atoms with Gasteiger partial charge in [-0.1, -0.05) is 12.2 Å². The summed E-state index contributed by atoms with van der Waals surface area (Å²) in [6.07, 6.45) is 8.48. The number of ether oxygens (including phenoxy) is 1. The Morgan fingerprint density at radius 1 is 1.50 bits per heavy atom. The van der Waals surface area contributed by atoms with E-state index < -0.39 is 0 Å². The predicted octanol–water partition coefficient (Wildman–Crippen LogP) is 1.62. The zero-order valence-corrected chi connectivity index (χ0v) is 9.61. The minimum Gasteiger partial charge on any atom is -0.461 e. The van der Waals surface area contributed by atoms with Crippen LogP contribution in [0, 0.1) is 5.92 Å². The Hall–Kier alpha value is -1.32. The summed E-state index contributed by atoms with van der Waals surface area (Å²) >= 11 is 0. The van der Waals surface area contributed by atoms with Gasteiger partial charge in [0.05, 0.1) is 12.6 Å². The second-order valence-electron chi connectivity index (χ2n) is 4.19. The zero-order chi connectivity index (χ0) is 11.4. The van der Waals surface area contributed by atoms with Crippen molar-refractivity contribution in [1.82, 2.24) is 5.43 Å². The van der Waals surface area contributed by atoms with Crippen molar-refractivity contribution in [2.24, 2.45) is 11.0 Å². The van der Waals surface area contributed by atoms with Crippen molar-refractivity contribution in [2.75, 3.05) is 6.61 Å². The van der Waals surface area contributed by atoms with Crippen molar-refractivity contribution in [3.63, 3.8) is 0 Å². The van der Waals surface area contributed by atoms with Crippen molar-refractivity contribution >= 4 is 11.7 Å². The molecule has 1 aliphatic heterocycles. The molecule has 16 heavy (non-hydrogen) atoms. The topological polar surface area (TPSA) is 50.7 Å². The van der Waals surface area contributed by atoms with Crippen molar-refractivity contribution in [3.05, 3.63) is 12.2 Å². The van der Waals surface area contributed by atoms with Crippen LogP contribution in [-0.4, -0.2) is 24.3 Å². The fraction of sp³-hybridized carbons (Fsp3) is 0.667. The van der Waals surface area contributed by atoms with E-state index in [2.05, 4.69) is 22.7 Å². The molecule has 0 aromatic heterocycles. The van der Waals surface area contributed by atoms with Gasteiger partial charge < -0.3 is 10.2 Å². The maximum Gasteiger partial charge on any atom is 0.354 e. The normalized spacial score (nSPS) is 30.4. The van der Waals surface area contributed by atoms with E-state index in [9.17, 15) is 4.79 Å². The molecule has 2 aliphatic rings. The van der Waals surface area contributed by atoms with Crippen LogP contribution in [0.2, 0.25) is 0 Å². The molecule has 0 fully saturated rings. The van der Waals surface area contributed by atoms with E-state index in [1.165, 1.54) is 0 Å². The van der Waals surface area contributed by atoms with Gasteiger partial charge in [0.15, 0.2) is 5.71 Å². The lowest BCUT2D eigenvalue weighted by molar-refractivity contribution is -0.135. The molecule has 1 N–H and O–H groups in total. The molecule has 1 aliphatic carbocycles. The first-order valence-electron chi connectivity index (χ1n) is 5.98. The summed E-state index contributed by atoms with van der Waals surface area (Å²) in [6, 6.07) is 0.310. The number of nitrogens with zero attached hydrogens (tertiary/aromatic N) is 1. The third-order valence-corrected chi connectivity index (χ3v) is 3.13. The molecule has 4 nitrogen and oxygen atoms in total. The smallest absolute Gasteiger partial charge is 0.354 e. The summed E-state index contributed by atoms with van der Waals surface area (Å²) in [7, 11) is 0. The van der Waals surface area contributed by atoms with E-state index in [1.54, 1.807) is 0 Å². The Morgan fingerprint density at radius 3 is 3.00 bits per heavy atom. The number of hydrogen-bond donors (Lipinski definition) is 1. The molecule has 0 saturated carbocycles. The third kappa shape index (κ3) is 2.26. The first-order valence-corrected chi connectivity index (χ1v) is 5.98. The molecular weight excluding hydrogens is 204 g/mol. The first-order chi connectivity index (χ1) is 7.83. The van der Waals surface area contributed by atoms with Gasteiger partial charge >= 0.3 is 5.97 Å². The van der Waals surface area contributed by atoms with Crippen LogP contribution in [0.1, 0.15) is 32.6 Å². The average Bonchev–Trinajstić information content (AvgIpc) is 2.60. The van der Waals surface area contributed by atoms with Gasteiger partial charge in [0, 0.05) is 5.92 Å². The van der Waals surface area contributed by atoms with E-state index in [-0.39, 0.29) is 11.9 Å². The van der Waals surface area contributed by atoms with Crippen LogP contribution in [0.15, 0.2) is 17.3 Å². The standard InChI is InChI=1S/C12H18N2O2/c1-2-16-12(15)11-9-7-5-3-4-6-8-10(9)13-14-11/h3-4,9-10,13H,2,5-8H2,1H3/b4-3+/t9-,10-/m1/s1. The summed E-state index contributed by atoms with van der Waals surface area (Å²) in [5.41, 5.74) is 3.65. The first kappa shape index (κ1) is 11.2. The number of allylic oxidation sites excluding steroid dienone is 2. The van der Waals surface area contributed by atoms with Crippen molar-refractivity contribution in [2.45, 2.75) is 38.6 Å². The molecule has 2 atom stereocenters. The number of carbonyl (C=O) groups excluding carboxylic acids is 1. The van der Waals surface area contributed by atoms with Gasteiger partial charge in [-0.25, -0.2) is 4.79 Å². The van der Waals surface area contributed by atoms with E-state index in [0.717, 1.165) is 25.7 Å². The lowest BCUT2D eigenvalue weighted by atomic mass is 9.87. The van der Waals surface area contributed by atoms with Gasteiger partial charge in [-0.2, -0.15) is 5.10 Å². The Balaban J connectivity index is 2.05. The Bertz CT molecular complexity index is 323. The summed E-state index contributed by atoms with van der Waals surface area (Å²) in [4.78, 5) is 11.7. The Kier molecular flexibility index (Phi) is 3.59. The Morgan fingerprint density at radius 2 is 2.25 bits per heavy atom.